The van der Waals surface area contributed by atoms with E-state index in [1.165, 1.54) is 44.9 Å². The molecule has 0 aliphatic carbocycles. The van der Waals surface area contributed by atoms with E-state index in [9.17, 15) is 0 Å². The standard InChI is InChI=1S/C13H27/c1-5-7-8-9-10-11-13(6-2)12(3)4/h12-13H,3,5-11H2,1-2,4H3. The van der Waals surface area contributed by atoms with Crippen LogP contribution in [0.15, 0.2) is 0 Å². The molecule has 0 saturated heterocycles. The smallest absolute Gasteiger partial charge is 0.0391 e. The zero-order valence-corrected chi connectivity index (χ0v) is 9.81. The molecule has 0 N–H and O–H groups in total. The van der Waals surface area contributed by atoms with E-state index < -0.39 is 0 Å². The highest BCUT2D eigenvalue weighted by Crippen LogP contribution is 2.21. The van der Waals surface area contributed by atoms with Crippen LogP contribution in [-0.2, 0) is 0 Å². The Kier molecular flexibility index (Phi) is 8.59. The van der Waals surface area contributed by atoms with Crippen molar-refractivity contribution in [1.29, 1.82) is 0 Å². The van der Waals surface area contributed by atoms with Gasteiger partial charge in [0.15, 0.2) is 0 Å². The zero-order chi connectivity index (χ0) is 10.1. The van der Waals surface area contributed by atoms with Crippen LogP contribution in [0.1, 0.15) is 65.7 Å². The van der Waals surface area contributed by atoms with Gasteiger partial charge in [-0.15, -0.1) is 0 Å². The Morgan fingerprint density at radius 2 is 1.62 bits per heavy atom. The van der Waals surface area contributed by atoms with Gasteiger partial charge >= 0.3 is 0 Å². The summed E-state index contributed by atoms with van der Waals surface area (Å²) in [6.07, 6.45) is 9.73. The Bertz CT molecular complexity index is 94.2. The van der Waals surface area contributed by atoms with Crippen molar-refractivity contribution < 1.29 is 0 Å². The molecule has 0 bridgehead atoms. The molecule has 1 radical (unpaired) electrons. The molecule has 0 aliphatic heterocycles. The number of hydrogen-bond acceptors (Lipinski definition) is 0. The van der Waals surface area contributed by atoms with E-state index in [1.807, 2.05) is 0 Å². The lowest BCUT2D eigenvalue weighted by molar-refractivity contribution is 0.360. The average Bonchev–Trinajstić information content (AvgIpc) is 2.10. The Hall–Kier alpha value is 0. The molecule has 0 aromatic rings. The molecule has 0 aromatic heterocycles. The lowest BCUT2D eigenvalue weighted by Gasteiger charge is -2.18. The quantitative estimate of drug-likeness (QED) is 0.472. The summed E-state index contributed by atoms with van der Waals surface area (Å²) in [6, 6.07) is 0. The van der Waals surface area contributed by atoms with Crippen LogP contribution < -0.4 is 0 Å². The van der Waals surface area contributed by atoms with Gasteiger partial charge in [-0.2, -0.15) is 0 Å². The second-order valence-corrected chi connectivity index (χ2v) is 4.35. The molecule has 2 unspecified atom stereocenters. The van der Waals surface area contributed by atoms with Crippen molar-refractivity contribution in [3.63, 3.8) is 0 Å². The Morgan fingerprint density at radius 1 is 1.00 bits per heavy atom. The predicted octanol–water partition coefficient (Wildman–Crippen LogP) is 4.84. The summed E-state index contributed by atoms with van der Waals surface area (Å²) >= 11 is 0. The van der Waals surface area contributed by atoms with Crippen molar-refractivity contribution in [3.05, 3.63) is 6.92 Å². The third-order valence-electron chi connectivity index (χ3n) is 3.01. The van der Waals surface area contributed by atoms with Crippen molar-refractivity contribution in [1.82, 2.24) is 0 Å². The maximum Gasteiger partial charge on any atom is -0.0391 e. The Labute approximate surface area is 85.1 Å². The van der Waals surface area contributed by atoms with Gasteiger partial charge in [-0.05, 0) is 11.8 Å². The van der Waals surface area contributed by atoms with Gasteiger partial charge in [0, 0.05) is 0 Å². The number of unbranched alkanes of at least 4 members (excludes halogenated alkanes) is 4. The maximum atomic E-state index is 4.12. The molecule has 0 heteroatoms. The van der Waals surface area contributed by atoms with Gasteiger partial charge < -0.3 is 0 Å². The highest BCUT2D eigenvalue weighted by Gasteiger charge is 2.09. The van der Waals surface area contributed by atoms with Crippen molar-refractivity contribution >= 4 is 0 Å². The van der Waals surface area contributed by atoms with Crippen LogP contribution in [0.2, 0.25) is 0 Å². The first-order chi connectivity index (χ1) is 6.22. The van der Waals surface area contributed by atoms with E-state index in [0.29, 0.717) is 5.92 Å². The molecule has 0 aromatic carbocycles. The largest absolute Gasteiger partial charge is 0.0654 e. The summed E-state index contributed by atoms with van der Waals surface area (Å²) in [5.74, 6) is 1.50. The molecule has 0 rings (SSSR count). The monoisotopic (exact) mass is 183 g/mol. The van der Waals surface area contributed by atoms with Crippen molar-refractivity contribution in [2.24, 2.45) is 11.8 Å². The summed E-state index contributed by atoms with van der Waals surface area (Å²) in [6.45, 7) is 10.9. The van der Waals surface area contributed by atoms with Crippen molar-refractivity contribution in [3.8, 4) is 0 Å². The second-order valence-electron chi connectivity index (χ2n) is 4.35. The van der Waals surface area contributed by atoms with Gasteiger partial charge in [-0.1, -0.05) is 72.6 Å². The molecular formula is C13H27. The van der Waals surface area contributed by atoms with Gasteiger partial charge in [-0.3, -0.25) is 0 Å². The summed E-state index contributed by atoms with van der Waals surface area (Å²) < 4.78 is 0. The minimum absolute atomic E-state index is 0.635. The molecule has 0 amide bonds. The van der Waals surface area contributed by atoms with Crippen LogP contribution in [0, 0.1) is 18.8 Å². The van der Waals surface area contributed by atoms with E-state index in [2.05, 4.69) is 27.7 Å². The minimum Gasteiger partial charge on any atom is -0.0654 e. The van der Waals surface area contributed by atoms with Gasteiger partial charge in [0.05, 0.1) is 0 Å². The van der Waals surface area contributed by atoms with Crippen molar-refractivity contribution in [2.45, 2.75) is 65.7 Å². The fourth-order valence-electron chi connectivity index (χ4n) is 1.90. The van der Waals surface area contributed by atoms with E-state index in [-0.39, 0.29) is 0 Å². The summed E-state index contributed by atoms with van der Waals surface area (Å²) in [5.41, 5.74) is 0. The normalized spacial score (nSPS) is 13.6. The van der Waals surface area contributed by atoms with Gasteiger partial charge in [-0.25, -0.2) is 0 Å². The number of rotatable bonds is 8. The molecule has 0 fully saturated rings. The molecule has 0 spiro atoms. The summed E-state index contributed by atoms with van der Waals surface area (Å²) in [4.78, 5) is 0. The van der Waals surface area contributed by atoms with Crippen LogP contribution in [0.4, 0.5) is 0 Å². The van der Waals surface area contributed by atoms with Crippen LogP contribution in [0.5, 0.6) is 0 Å². The third-order valence-corrected chi connectivity index (χ3v) is 3.01. The van der Waals surface area contributed by atoms with E-state index in [4.69, 9.17) is 0 Å². The molecule has 13 heavy (non-hydrogen) atoms. The topological polar surface area (TPSA) is 0 Å². The molecule has 0 saturated carbocycles. The lowest BCUT2D eigenvalue weighted by atomic mass is 9.88. The van der Waals surface area contributed by atoms with Crippen LogP contribution in [0.3, 0.4) is 0 Å². The second kappa shape index (κ2) is 8.59. The SMILES string of the molecule is [CH2]C(C)C(CC)CCCCCCC. The predicted molar refractivity (Wildman–Crippen MR) is 61.7 cm³/mol. The van der Waals surface area contributed by atoms with Gasteiger partial charge in [0.25, 0.3) is 0 Å². The first kappa shape index (κ1) is 13.0. The fraction of sp³-hybridized carbons (Fsp3) is 0.923. The fourth-order valence-corrected chi connectivity index (χ4v) is 1.90. The van der Waals surface area contributed by atoms with Crippen LogP contribution >= 0.6 is 0 Å². The van der Waals surface area contributed by atoms with Crippen LogP contribution in [-0.4, -0.2) is 0 Å². The summed E-state index contributed by atoms with van der Waals surface area (Å²) in [7, 11) is 0. The third kappa shape index (κ3) is 7.10. The van der Waals surface area contributed by atoms with E-state index in [1.54, 1.807) is 0 Å². The van der Waals surface area contributed by atoms with Crippen LogP contribution in [0.25, 0.3) is 0 Å². The van der Waals surface area contributed by atoms with Gasteiger partial charge in [0.1, 0.15) is 0 Å². The average molecular weight is 183 g/mol. The number of hydrogen-bond donors (Lipinski definition) is 0. The van der Waals surface area contributed by atoms with E-state index >= 15 is 0 Å². The molecular weight excluding hydrogens is 156 g/mol. The molecule has 0 aliphatic rings. The zero-order valence-electron chi connectivity index (χ0n) is 9.81. The lowest BCUT2D eigenvalue weighted by Crippen LogP contribution is -2.07. The van der Waals surface area contributed by atoms with Crippen molar-refractivity contribution in [2.75, 3.05) is 0 Å². The maximum absolute atomic E-state index is 4.12. The van der Waals surface area contributed by atoms with Gasteiger partial charge in [0.2, 0.25) is 0 Å². The first-order valence-corrected chi connectivity index (χ1v) is 6.05. The summed E-state index contributed by atoms with van der Waals surface area (Å²) in [5, 5.41) is 0. The minimum atomic E-state index is 0.635. The highest BCUT2D eigenvalue weighted by molar-refractivity contribution is 4.66. The van der Waals surface area contributed by atoms with E-state index in [0.717, 1.165) is 5.92 Å². The molecule has 79 valence electrons. The molecule has 2 atom stereocenters. The highest BCUT2D eigenvalue weighted by atomic mass is 14.1. The molecule has 0 heterocycles. The first-order valence-electron chi connectivity index (χ1n) is 6.05. The Balaban J connectivity index is 3.28. The molecule has 0 nitrogen and oxygen atoms in total. The Morgan fingerprint density at radius 3 is 2.08 bits per heavy atom.